The van der Waals surface area contributed by atoms with E-state index in [-0.39, 0.29) is 24.3 Å². The molecule has 2 aromatic carbocycles. The van der Waals surface area contributed by atoms with Crippen molar-refractivity contribution in [1.29, 1.82) is 0 Å². The number of thiazole rings is 1. The van der Waals surface area contributed by atoms with Crippen molar-refractivity contribution in [3.63, 3.8) is 0 Å². The molecule has 39 heavy (non-hydrogen) atoms. The number of rotatable bonds is 8. The highest BCUT2D eigenvalue weighted by atomic mass is 32.1. The molecule has 3 aromatic rings. The third kappa shape index (κ3) is 8.16. The number of anilines is 1. The van der Waals surface area contributed by atoms with Gasteiger partial charge >= 0.3 is 12.1 Å². The monoisotopic (exact) mass is 568 g/mol. The number of alkyl carbamates (subject to hydrolysis) is 1. The van der Waals surface area contributed by atoms with Crippen LogP contribution in [0.5, 0.6) is 0 Å². The Morgan fingerprint density at radius 2 is 1.79 bits per heavy atom. The predicted molar refractivity (Wildman–Crippen MR) is 159 cm³/mol. The van der Waals surface area contributed by atoms with E-state index in [4.69, 9.17) is 9.72 Å². The zero-order valence-electron chi connectivity index (χ0n) is 22.9. The number of urea groups is 1. The molecule has 0 radical (unpaired) electrons. The lowest BCUT2D eigenvalue weighted by molar-refractivity contribution is 0.109. The molecule has 8 nitrogen and oxygen atoms in total. The van der Waals surface area contributed by atoms with Crippen LogP contribution in [0.3, 0.4) is 0 Å². The number of carbonyl (C=O) groups is 2. The maximum Gasteiger partial charge on any atom is 0.407 e. The lowest BCUT2D eigenvalue weighted by Crippen LogP contribution is -2.38. The smallest absolute Gasteiger partial charge is 0.407 e. The van der Waals surface area contributed by atoms with Crippen LogP contribution in [0.1, 0.15) is 56.0 Å². The van der Waals surface area contributed by atoms with E-state index in [0.29, 0.717) is 18.2 Å². The first-order chi connectivity index (χ1) is 18.6. The number of amides is 3. The molecule has 3 N–H and O–H groups in total. The molecule has 4 rings (SSSR count). The number of benzene rings is 2. The first kappa shape index (κ1) is 28.8. The summed E-state index contributed by atoms with van der Waals surface area (Å²) in [6, 6.07) is 15.1. The summed E-state index contributed by atoms with van der Waals surface area (Å²) in [4.78, 5) is 30.1. The van der Waals surface area contributed by atoms with Crippen LogP contribution in [0.4, 0.5) is 15.3 Å². The van der Waals surface area contributed by atoms with Crippen molar-refractivity contribution in [1.82, 2.24) is 15.6 Å². The van der Waals surface area contributed by atoms with Gasteiger partial charge in [-0.3, -0.25) is 0 Å². The fourth-order valence-corrected chi connectivity index (χ4v) is 7.14. The van der Waals surface area contributed by atoms with E-state index >= 15 is 0 Å². The number of aromatic nitrogens is 1. The van der Waals surface area contributed by atoms with Crippen molar-refractivity contribution in [3.8, 4) is 10.4 Å². The molecule has 0 bridgehead atoms. The first-order valence-electron chi connectivity index (χ1n) is 13.3. The predicted octanol–water partition coefficient (Wildman–Crippen LogP) is 6.54. The summed E-state index contributed by atoms with van der Waals surface area (Å²) in [5.74, 6) is 0.329. The van der Waals surface area contributed by atoms with E-state index in [0.717, 1.165) is 52.0 Å². The van der Waals surface area contributed by atoms with E-state index in [2.05, 4.69) is 16.0 Å². The van der Waals surface area contributed by atoms with E-state index in [1.807, 2.05) is 68.6 Å². The number of hydrogen-bond donors (Lipinski definition) is 3. The van der Waals surface area contributed by atoms with Crippen LogP contribution in [-0.2, 0) is 15.8 Å². The van der Waals surface area contributed by atoms with Crippen molar-refractivity contribution in [3.05, 3.63) is 65.3 Å². The molecular formula is C29H37N4O4PS. The number of hydrogen-bond acceptors (Lipinski definition) is 6. The molecule has 0 aliphatic heterocycles. The topological polar surface area (TPSA) is 109 Å². The quantitative estimate of drug-likeness (QED) is 0.267. The lowest BCUT2D eigenvalue weighted by Gasteiger charge is -2.28. The van der Waals surface area contributed by atoms with Crippen LogP contribution in [-0.4, -0.2) is 42.6 Å². The summed E-state index contributed by atoms with van der Waals surface area (Å²) in [7, 11) is -2.65. The number of nitrogens with zero attached hydrogens (tertiary/aromatic N) is 1. The molecule has 208 valence electrons. The van der Waals surface area contributed by atoms with Crippen LogP contribution < -0.4 is 21.3 Å². The fraction of sp³-hybridized carbons (Fsp3) is 0.414. The molecule has 1 aliphatic carbocycles. The molecule has 1 saturated carbocycles. The van der Waals surface area contributed by atoms with E-state index < -0.39 is 7.14 Å². The van der Waals surface area contributed by atoms with Crippen molar-refractivity contribution in [2.45, 2.75) is 64.1 Å². The normalized spacial score (nSPS) is 17.5. The van der Waals surface area contributed by atoms with Crippen molar-refractivity contribution in [2.24, 2.45) is 0 Å². The van der Waals surface area contributed by atoms with Gasteiger partial charge in [-0.2, -0.15) is 0 Å². The number of nitrogens with one attached hydrogen (secondary N) is 3. The molecule has 0 atom stereocenters. The Kier molecular flexibility index (Phi) is 9.46. The zero-order chi connectivity index (χ0) is 28.0. The van der Waals surface area contributed by atoms with E-state index in [1.54, 1.807) is 24.7 Å². The maximum atomic E-state index is 13.3. The Hall–Kier alpha value is -3.16. The summed E-state index contributed by atoms with van der Waals surface area (Å²) < 4.78 is 18.5. The third-order valence-electron chi connectivity index (χ3n) is 6.66. The summed E-state index contributed by atoms with van der Waals surface area (Å²) in [6.07, 6.45) is 5.00. The fourth-order valence-electron chi connectivity index (χ4n) is 4.72. The van der Waals surface area contributed by atoms with Gasteiger partial charge in [0.25, 0.3) is 0 Å². The number of carbonyl (C=O) groups excluding carboxylic acids is 2. The zero-order valence-corrected chi connectivity index (χ0v) is 24.6. The minimum Gasteiger partial charge on any atom is -0.447 e. The highest BCUT2D eigenvalue weighted by molar-refractivity contribution is 7.70. The Labute approximate surface area is 234 Å². The van der Waals surface area contributed by atoms with E-state index in [1.165, 1.54) is 0 Å². The Balaban J connectivity index is 1.41. The van der Waals surface area contributed by atoms with Gasteiger partial charge in [-0.05, 0) is 70.6 Å². The Bertz CT molecular complexity index is 1330. The molecule has 10 heteroatoms. The molecular weight excluding hydrogens is 531 g/mol. The van der Waals surface area contributed by atoms with Crippen molar-refractivity contribution >= 4 is 41.6 Å². The van der Waals surface area contributed by atoms with Gasteiger partial charge in [0.1, 0.15) is 7.14 Å². The lowest BCUT2D eigenvalue weighted by atomic mass is 9.86. The van der Waals surface area contributed by atoms with Gasteiger partial charge < -0.3 is 25.3 Å². The average molecular weight is 569 g/mol. The summed E-state index contributed by atoms with van der Waals surface area (Å²) >= 11 is 1.63. The summed E-state index contributed by atoms with van der Waals surface area (Å²) in [5.41, 5.74) is 2.48. The second-order valence-corrected chi connectivity index (χ2v) is 14.8. The minimum atomic E-state index is -2.65. The molecule has 0 spiro atoms. The molecule has 1 aromatic heterocycles. The molecule has 0 unspecified atom stereocenters. The number of ether oxygens (including phenoxy) is 1. The Morgan fingerprint density at radius 3 is 2.46 bits per heavy atom. The van der Waals surface area contributed by atoms with E-state index in [9.17, 15) is 14.2 Å². The Morgan fingerprint density at radius 1 is 1.08 bits per heavy atom. The molecule has 1 heterocycles. The van der Waals surface area contributed by atoms with Crippen LogP contribution in [0, 0.1) is 0 Å². The maximum absolute atomic E-state index is 13.3. The summed E-state index contributed by atoms with van der Waals surface area (Å²) in [6.45, 7) is 7.58. The largest absolute Gasteiger partial charge is 0.447 e. The van der Waals surface area contributed by atoms with Crippen LogP contribution in [0.25, 0.3) is 10.4 Å². The molecule has 1 aliphatic rings. The van der Waals surface area contributed by atoms with Crippen molar-refractivity contribution < 1.29 is 18.9 Å². The van der Waals surface area contributed by atoms with Gasteiger partial charge in [-0.1, -0.05) is 36.4 Å². The minimum absolute atomic E-state index is 0.120. The van der Waals surface area contributed by atoms with Gasteiger partial charge in [0.2, 0.25) is 0 Å². The van der Waals surface area contributed by atoms with Gasteiger partial charge in [-0.25, -0.2) is 14.6 Å². The van der Waals surface area contributed by atoms with Gasteiger partial charge in [0, 0.05) is 41.3 Å². The van der Waals surface area contributed by atoms with Crippen LogP contribution >= 0.6 is 18.5 Å². The highest BCUT2D eigenvalue weighted by Gasteiger charge is 2.27. The van der Waals surface area contributed by atoms with Crippen LogP contribution in [0.2, 0.25) is 0 Å². The van der Waals surface area contributed by atoms with Gasteiger partial charge in [0.05, 0.1) is 16.0 Å². The summed E-state index contributed by atoms with van der Waals surface area (Å²) in [5, 5.41) is 10.5. The molecule has 0 saturated heterocycles. The molecule has 1 fully saturated rings. The first-order valence-corrected chi connectivity index (χ1v) is 16.7. The van der Waals surface area contributed by atoms with Crippen LogP contribution in [0.15, 0.2) is 54.7 Å². The van der Waals surface area contributed by atoms with Gasteiger partial charge in [-0.15, -0.1) is 11.3 Å². The average Bonchev–Trinajstić information content (AvgIpc) is 3.38. The highest BCUT2D eigenvalue weighted by Crippen LogP contribution is 2.43. The SMILES string of the molecule is CC(C)OC(=O)N[C@H]1CC[C@H](c2ncc(-c3ccc(NC(=O)NCc4ccccc4)cc3P(C)(C)=O)s2)CC1. The van der Waals surface area contributed by atoms with Gasteiger partial charge in [0.15, 0.2) is 0 Å². The standard InChI is InChI=1S/C29H37N4O4PS/c1-19(2)37-29(35)33-22-12-10-21(11-13-22)27-30-18-26(39-27)24-15-14-23(16-25(24)38(3,4)36)32-28(34)31-17-20-8-6-5-7-9-20/h5-9,14-16,18-19,21-22H,10-13,17H2,1-4H3,(H,33,35)(H2,31,32,34)/t21-,22-. The second-order valence-electron chi connectivity index (χ2n) is 10.6. The molecule has 3 amide bonds. The van der Waals surface area contributed by atoms with Crippen molar-refractivity contribution in [2.75, 3.05) is 18.6 Å². The second kappa shape index (κ2) is 12.8. The third-order valence-corrected chi connectivity index (χ3v) is 9.39.